The molecule has 3 atom stereocenters. The largest absolute Gasteiger partial charge is 0.480 e. The van der Waals surface area contributed by atoms with Crippen LogP contribution < -0.4 is 20.1 Å². The number of hydrogen-bond donors (Lipinski definition) is 3. The molecule has 1 saturated carbocycles. The molecule has 0 unspecified atom stereocenters. The second-order valence-electron chi connectivity index (χ2n) is 16.5. The van der Waals surface area contributed by atoms with Gasteiger partial charge in [-0.05, 0) is 93.3 Å². The van der Waals surface area contributed by atoms with Crippen molar-refractivity contribution in [1.29, 1.82) is 5.26 Å². The first-order chi connectivity index (χ1) is 28.9. The number of amides is 2. The number of rotatable bonds is 12. The van der Waals surface area contributed by atoms with Gasteiger partial charge in [0.25, 0.3) is 0 Å². The fourth-order valence-corrected chi connectivity index (χ4v) is 10.6. The lowest BCUT2D eigenvalue weighted by Gasteiger charge is -2.25. The highest BCUT2D eigenvalue weighted by Crippen LogP contribution is 2.46. The van der Waals surface area contributed by atoms with Crippen molar-refractivity contribution < 1.29 is 27.2 Å². The van der Waals surface area contributed by atoms with E-state index in [1.54, 1.807) is 20.2 Å². The van der Waals surface area contributed by atoms with Crippen LogP contribution in [0.25, 0.3) is 44.9 Å². The van der Waals surface area contributed by atoms with Crippen molar-refractivity contribution in [3.8, 4) is 45.8 Å². The Balaban J connectivity index is 0.960. The molecule has 16 heteroatoms. The molecule has 14 nitrogen and oxygen atoms in total. The minimum atomic E-state index is -3.71. The molecular weight excluding hydrogens is 804 g/mol. The van der Waals surface area contributed by atoms with E-state index in [0.717, 1.165) is 46.2 Å². The second-order valence-corrected chi connectivity index (χ2v) is 19.1. The van der Waals surface area contributed by atoms with Gasteiger partial charge in [0, 0.05) is 49.3 Å². The summed E-state index contributed by atoms with van der Waals surface area (Å²) in [6.07, 6.45) is 6.19. The summed E-state index contributed by atoms with van der Waals surface area (Å²) in [5.74, 6) is -0.104. The Morgan fingerprint density at radius 2 is 1.87 bits per heavy atom. The Bertz CT molecular complexity index is 2730. The highest BCUT2D eigenvalue weighted by molar-refractivity contribution is 7.91. The van der Waals surface area contributed by atoms with Gasteiger partial charge in [-0.25, -0.2) is 18.4 Å². The summed E-state index contributed by atoms with van der Waals surface area (Å²) in [5, 5.41) is 17.2. The van der Waals surface area contributed by atoms with Crippen LogP contribution in [-0.4, -0.2) is 77.6 Å². The second kappa shape index (κ2) is 15.6. The maximum absolute atomic E-state index is 13.1. The minimum absolute atomic E-state index is 0.0427. The smallest absolute Gasteiger partial charge is 0.240 e. The molecule has 2 aliphatic carbocycles. The van der Waals surface area contributed by atoms with Gasteiger partial charge in [-0.15, -0.1) is 0 Å². The van der Waals surface area contributed by atoms with E-state index in [2.05, 4.69) is 31.3 Å². The van der Waals surface area contributed by atoms with E-state index in [1.165, 1.54) is 0 Å². The highest BCUT2D eigenvalue weighted by Gasteiger charge is 2.51. The number of methoxy groups -OCH3 is 1. The molecule has 60 heavy (non-hydrogen) atoms. The number of nitrogens with zero attached hydrogens (tertiary/aromatic N) is 5. The van der Waals surface area contributed by atoms with Gasteiger partial charge in [0.1, 0.15) is 22.8 Å². The number of carbonyl (C=O) groups is 2. The van der Waals surface area contributed by atoms with Crippen molar-refractivity contribution in [3.63, 3.8) is 0 Å². The molecule has 2 aliphatic heterocycles. The normalized spacial score (nSPS) is 20.9. The fourth-order valence-electron chi connectivity index (χ4n) is 8.93. The topological polar surface area (TPSA) is 192 Å². The summed E-state index contributed by atoms with van der Waals surface area (Å²) >= 11 is 7.22. The van der Waals surface area contributed by atoms with E-state index in [-0.39, 0.29) is 18.0 Å². The minimum Gasteiger partial charge on any atom is -0.480 e. The number of carbonyl (C=O) groups excluding carboxylic acids is 2. The SMILES string of the molecule is COc1nc(-c2cccc(-c3cccc(-c4nc5cc6c(c(C#N)c5o4)CC[C@H]6N4CC[C@@H](C(=O)NS(=O)(=O)C5(C)CC5)C4)c3Cl)c2C)cnc1CNC[C@@H]1CCC(=O)N1. The molecule has 4 heterocycles. The van der Waals surface area contributed by atoms with Gasteiger partial charge in [-0.1, -0.05) is 41.9 Å². The van der Waals surface area contributed by atoms with Crippen LogP contribution in [-0.2, 0) is 32.6 Å². The number of oxazole rings is 1. The van der Waals surface area contributed by atoms with Crippen molar-refractivity contribution in [2.45, 2.75) is 82.2 Å². The van der Waals surface area contributed by atoms with E-state index in [0.29, 0.717) is 109 Å². The maximum atomic E-state index is 13.1. The molecule has 3 fully saturated rings. The predicted octanol–water partition coefficient (Wildman–Crippen LogP) is 6.14. The number of hydrogen-bond acceptors (Lipinski definition) is 12. The zero-order chi connectivity index (χ0) is 41.9. The average molecular weight is 849 g/mol. The molecule has 2 aromatic heterocycles. The lowest BCUT2D eigenvalue weighted by molar-refractivity contribution is -0.123. The predicted molar refractivity (Wildman–Crippen MR) is 225 cm³/mol. The summed E-state index contributed by atoms with van der Waals surface area (Å²) < 4.78 is 39.0. The van der Waals surface area contributed by atoms with Crippen LogP contribution in [0.1, 0.15) is 79.4 Å². The summed E-state index contributed by atoms with van der Waals surface area (Å²) in [4.78, 5) is 41.3. The molecular formula is C44H45ClN8O6S. The third-order valence-electron chi connectivity index (χ3n) is 12.7. The maximum Gasteiger partial charge on any atom is 0.240 e. The fraction of sp³-hybridized carbons (Fsp3) is 0.409. The first kappa shape index (κ1) is 40.0. The summed E-state index contributed by atoms with van der Waals surface area (Å²) in [7, 11) is -2.14. The third-order valence-corrected chi connectivity index (χ3v) is 15.3. The molecule has 0 spiro atoms. The van der Waals surface area contributed by atoms with E-state index >= 15 is 0 Å². The number of halogens is 1. The molecule has 9 rings (SSSR count). The Kier molecular flexibility index (Phi) is 10.4. The number of nitriles is 1. The van der Waals surface area contributed by atoms with Crippen molar-refractivity contribution in [3.05, 3.63) is 81.6 Å². The van der Waals surface area contributed by atoms with Gasteiger partial charge < -0.3 is 19.8 Å². The Morgan fingerprint density at radius 3 is 2.60 bits per heavy atom. The summed E-state index contributed by atoms with van der Waals surface area (Å²) in [6.45, 7) is 5.82. The lowest BCUT2D eigenvalue weighted by atomic mass is 9.94. The van der Waals surface area contributed by atoms with Crippen LogP contribution in [0.15, 0.2) is 53.1 Å². The van der Waals surface area contributed by atoms with Gasteiger partial charge in [0.2, 0.25) is 33.6 Å². The van der Waals surface area contributed by atoms with E-state index in [1.807, 2.05) is 49.4 Å². The van der Waals surface area contributed by atoms with Crippen molar-refractivity contribution >= 4 is 44.5 Å². The number of sulfonamides is 1. The van der Waals surface area contributed by atoms with Gasteiger partial charge in [0.15, 0.2) is 5.58 Å². The number of aromatic nitrogens is 3. The van der Waals surface area contributed by atoms with Crippen molar-refractivity contribution in [2.24, 2.45) is 5.92 Å². The van der Waals surface area contributed by atoms with Crippen LogP contribution in [0.4, 0.5) is 0 Å². The van der Waals surface area contributed by atoms with E-state index in [9.17, 15) is 23.3 Å². The molecule has 5 aromatic rings. The van der Waals surface area contributed by atoms with Gasteiger partial charge >= 0.3 is 0 Å². The zero-order valence-electron chi connectivity index (χ0n) is 33.6. The summed E-state index contributed by atoms with van der Waals surface area (Å²) in [6, 6.07) is 16.0. The number of benzene rings is 3. The van der Waals surface area contributed by atoms with E-state index in [4.69, 9.17) is 30.7 Å². The highest BCUT2D eigenvalue weighted by atomic mass is 35.5. The average Bonchev–Trinajstić information content (AvgIpc) is 3.70. The number of nitrogens with one attached hydrogen (secondary N) is 3. The quantitative estimate of drug-likeness (QED) is 0.130. The lowest BCUT2D eigenvalue weighted by Crippen LogP contribution is -2.42. The molecule has 0 radical (unpaired) electrons. The third kappa shape index (κ3) is 7.19. The Morgan fingerprint density at radius 1 is 1.10 bits per heavy atom. The van der Waals surface area contributed by atoms with E-state index < -0.39 is 26.6 Å². The standard InChI is InChI=1S/C44H45ClN8O6S/c1-24-27(6-4-7-28(24)35-22-48-36(43(51-35)58-3)21-47-20-26-10-13-38(54)49-26)30-8-5-9-31(39(30)45)42-50-34-18-32-29(33(19-46)40(34)59-42)11-12-37(32)53-17-14-25(23-53)41(55)52-60(56,57)44(2)15-16-44/h4-9,18,22,25-26,37,47H,10-17,20-21,23H2,1-3H3,(H,49,54)(H,52,55)/t25-,26+,37-/m1/s1. The molecule has 2 amide bonds. The van der Waals surface area contributed by atoms with Gasteiger partial charge in [-0.3, -0.25) is 24.2 Å². The van der Waals surface area contributed by atoms with Crippen LogP contribution in [0.2, 0.25) is 5.02 Å². The van der Waals surface area contributed by atoms with Crippen LogP contribution in [0.5, 0.6) is 5.88 Å². The van der Waals surface area contributed by atoms with Crippen molar-refractivity contribution in [2.75, 3.05) is 26.7 Å². The Labute approximate surface area is 353 Å². The van der Waals surface area contributed by atoms with Gasteiger partial charge in [-0.2, -0.15) is 5.26 Å². The molecule has 0 bridgehead atoms. The first-order valence-corrected chi connectivity index (χ1v) is 22.2. The first-order valence-electron chi connectivity index (χ1n) is 20.3. The van der Waals surface area contributed by atoms with Crippen molar-refractivity contribution in [1.82, 2.24) is 35.2 Å². The number of ether oxygens (including phenoxy) is 1. The zero-order valence-corrected chi connectivity index (χ0v) is 35.2. The van der Waals surface area contributed by atoms with Gasteiger partial charge in [0.05, 0.1) is 40.3 Å². The summed E-state index contributed by atoms with van der Waals surface area (Å²) in [5.41, 5.74) is 8.61. The van der Waals surface area contributed by atoms with Crippen LogP contribution >= 0.6 is 11.6 Å². The number of fused-ring (bicyclic) bond motifs is 2. The molecule has 4 aliphatic rings. The molecule has 3 aromatic carbocycles. The van der Waals surface area contributed by atoms with Crippen LogP contribution in [0, 0.1) is 24.2 Å². The number of likely N-dealkylation sites (tertiary alicyclic amines) is 1. The molecule has 3 N–H and O–H groups in total. The molecule has 2 saturated heterocycles. The molecule has 310 valence electrons. The van der Waals surface area contributed by atoms with Crippen LogP contribution in [0.3, 0.4) is 0 Å². The Hall–Kier alpha value is -5.40. The monoisotopic (exact) mass is 848 g/mol.